The summed E-state index contributed by atoms with van der Waals surface area (Å²) in [5.41, 5.74) is 1.23. The van der Waals surface area contributed by atoms with E-state index < -0.39 is 0 Å². The molecule has 0 spiro atoms. The first-order chi connectivity index (χ1) is 7.83. The summed E-state index contributed by atoms with van der Waals surface area (Å²) < 4.78 is 0. The Balaban J connectivity index is 2.18. The average molecular weight is 274 g/mol. The minimum atomic E-state index is 0.367. The van der Waals surface area contributed by atoms with Crippen LogP contribution < -0.4 is 5.32 Å². The number of hydrogen-bond donors (Lipinski definition) is 1. The first-order valence-electron chi connectivity index (χ1n) is 5.44. The van der Waals surface area contributed by atoms with E-state index in [2.05, 4.69) is 29.2 Å². The van der Waals surface area contributed by atoms with Gasteiger partial charge in [0.05, 0.1) is 0 Å². The number of hydrogen-bond acceptors (Lipinski definition) is 3. The van der Waals surface area contributed by atoms with Crippen molar-refractivity contribution in [3.8, 4) is 0 Å². The standard InChI is InChI=1S/C12H16ClNS2/c1-14-12(11-8-15-6-7-16-11)9-4-2-3-5-10(9)13/h2-5,11-12,14H,6-8H2,1H3. The lowest BCUT2D eigenvalue weighted by molar-refractivity contribution is 0.592. The molecule has 0 bridgehead atoms. The molecule has 4 heteroatoms. The normalized spacial score (nSPS) is 23.0. The molecule has 88 valence electrons. The number of benzene rings is 1. The average Bonchev–Trinajstić information content (AvgIpc) is 2.34. The molecule has 1 aliphatic heterocycles. The predicted molar refractivity (Wildman–Crippen MR) is 76.8 cm³/mol. The number of thioether (sulfide) groups is 2. The summed E-state index contributed by atoms with van der Waals surface area (Å²) in [5.74, 6) is 3.74. The summed E-state index contributed by atoms with van der Waals surface area (Å²) >= 11 is 10.4. The minimum absolute atomic E-state index is 0.367. The zero-order valence-corrected chi connectivity index (χ0v) is 11.7. The summed E-state index contributed by atoms with van der Waals surface area (Å²) in [6.45, 7) is 0. The van der Waals surface area contributed by atoms with Gasteiger partial charge in [-0.1, -0.05) is 29.8 Å². The van der Waals surface area contributed by atoms with Crippen LogP contribution in [-0.4, -0.2) is 29.6 Å². The molecule has 0 amide bonds. The topological polar surface area (TPSA) is 12.0 Å². The second-order valence-electron chi connectivity index (χ2n) is 3.77. The molecule has 0 saturated carbocycles. The van der Waals surface area contributed by atoms with Gasteiger partial charge in [0.1, 0.15) is 0 Å². The molecule has 2 rings (SSSR count). The molecule has 16 heavy (non-hydrogen) atoms. The molecule has 1 aromatic rings. The first kappa shape index (κ1) is 12.6. The van der Waals surface area contributed by atoms with E-state index in [1.807, 2.05) is 30.9 Å². The van der Waals surface area contributed by atoms with Crippen LogP contribution in [0, 0.1) is 0 Å². The van der Waals surface area contributed by atoms with Crippen LogP contribution in [0.4, 0.5) is 0 Å². The molecular weight excluding hydrogens is 258 g/mol. The summed E-state index contributed by atoms with van der Waals surface area (Å²) in [7, 11) is 2.02. The highest BCUT2D eigenvalue weighted by molar-refractivity contribution is 8.06. The Morgan fingerprint density at radius 3 is 2.81 bits per heavy atom. The van der Waals surface area contributed by atoms with E-state index in [0.717, 1.165) is 5.02 Å². The van der Waals surface area contributed by atoms with E-state index >= 15 is 0 Å². The number of nitrogens with one attached hydrogen (secondary N) is 1. The van der Waals surface area contributed by atoms with Crippen molar-refractivity contribution in [1.29, 1.82) is 0 Å². The monoisotopic (exact) mass is 273 g/mol. The maximum absolute atomic E-state index is 6.26. The van der Waals surface area contributed by atoms with Crippen molar-refractivity contribution in [2.45, 2.75) is 11.3 Å². The van der Waals surface area contributed by atoms with Crippen molar-refractivity contribution in [2.24, 2.45) is 0 Å². The minimum Gasteiger partial charge on any atom is -0.312 e. The van der Waals surface area contributed by atoms with Gasteiger partial charge in [-0.25, -0.2) is 0 Å². The highest BCUT2D eigenvalue weighted by atomic mass is 35.5. The Labute approximate surface area is 111 Å². The molecule has 1 aromatic carbocycles. The fourth-order valence-electron chi connectivity index (χ4n) is 1.97. The number of rotatable bonds is 3. The summed E-state index contributed by atoms with van der Waals surface area (Å²) in [5, 5.41) is 4.91. The lowest BCUT2D eigenvalue weighted by Gasteiger charge is -2.30. The molecule has 0 radical (unpaired) electrons. The smallest absolute Gasteiger partial charge is 0.0461 e. The Morgan fingerprint density at radius 2 is 2.19 bits per heavy atom. The first-order valence-corrected chi connectivity index (χ1v) is 8.02. The third-order valence-electron chi connectivity index (χ3n) is 2.76. The Bertz CT molecular complexity index is 340. The number of halogens is 1. The van der Waals surface area contributed by atoms with Crippen molar-refractivity contribution in [3.63, 3.8) is 0 Å². The van der Waals surface area contributed by atoms with Gasteiger partial charge < -0.3 is 5.32 Å². The Hall–Kier alpha value is 0.170. The molecule has 1 nitrogen and oxygen atoms in total. The van der Waals surface area contributed by atoms with Crippen LogP contribution in [0.3, 0.4) is 0 Å². The summed E-state index contributed by atoms with van der Waals surface area (Å²) in [6.07, 6.45) is 0. The van der Waals surface area contributed by atoms with E-state index in [-0.39, 0.29) is 0 Å². The van der Waals surface area contributed by atoms with Gasteiger partial charge in [-0.2, -0.15) is 23.5 Å². The third kappa shape index (κ3) is 2.89. The quantitative estimate of drug-likeness (QED) is 0.906. The lowest BCUT2D eigenvalue weighted by atomic mass is 10.0. The van der Waals surface area contributed by atoms with Crippen molar-refractivity contribution in [1.82, 2.24) is 5.32 Å². The van der Waals surface area contributed by atoms with Crippen molar-refractivity contribution in [2.75, 3.05) is 24.3 Å². The van der Waals surface area contributed by atoms with E-state index in [4.69, 9.17) is 11.6 Å². The van der Waals surface area contributed by atoms with Crippen molar-refractivity contribution >= 4 is 35.1 Å². The Morgan fingerprint density at radius 1 is 1.38 bits per heavy atom. The molecule has 2 unspecified atom stereocenters. The molecule has 0 aromatic heterocycles. The molecule has 0 aliphatic carbocycles. The predicted octanol–water partition coefficient (Wildman–Crippen LogP) is 3.45. The fourth-order valence-corrected chi connectivity index (χ4v) is 5.12. The van der Waals surface area contributed by atoms with Crippen LogP contribution in [0.1, 0.15) is 11.6 Å². The van der Waals surface area contributed by atoms with Gasteiger partial charge in [0.15, 0.2) is 0 Å². The second kappa shape index (κ2) is 6.20. The van der Waals surface area contributed by atoms with Gasteiger partial charge in [0.2, 0.25) is 0 Å². The van der Waals surface area contributed by atoms with E-state index in [9.17, 15) is 0 Å². The molecule has 1 heterocycles. The van der Waals surface area contributed by atoms with Crippen LogP contribution in [0.25, 0.3) is 0 Å². The zero-order valence-electron chi connectivity index (χ0n) is 9.28. The van der Waals surface area contributed by atoms with Crippen molar-refractivity contribution in [3.05, 3.63) is 34.9 Å². The summed E-state index contributed by atoms with van der Waals surface area (Å²) in [4.78, 5) is 0. The van der Waals surface area contributed by atoms with Crippen LogP contribution in [0.5, 0.6) is 0 Å². The lowest BCUT2D eigenvalue weighted by Crippen LogP contribution is -2.31. The fraction of sp³-hybridized carbons (Fsp3) is 0.500. The van der Waals surface area contributed by atoms with Crippen LogP contribution in [-0.2, 0) is 0 Å². The molecule has 1 aliphatic rings. The maximum Gasteiger partial charge on any atom is 0.0461 e. The van der Waals surface area contributed by atoms with Gasteiger partial charge in [0, 0.05) is 33.6 Å². The van der Waals surface area contributed by atoms with E-state index in [0.29, 0.717) is 11.3 Å². The van der Waals surface area contributed by atoms with Gasteiger partial charge >= 0.3 is 0 Å². The second-order valence-corrected chi connectivity index (χ2v) is 6.68. The van der Waals surface area contributed by atoms with Crippen LogP contribution in [0.15, 0.2) is 24.3 Å². The molecule has 2 atom stereocenters. The molecule has 1 saturated heterocycles. The zero-order chi connectivity index (χ0) is 11.4. The van der Waals surface area contributed by atoms with Crippen LogP contribution in [0.2, 0.25) is 5.02 Å². The molecule has 1 N–H and O–H groups in total. The molecular formula is C12H16ClNS2. The maximum atomic E-state index is 6.26. The largest absolute Gasteiger partial charge is 0.312 e. The van der Waals surface area contributed by atoms with E-state index in [1.54, 1.807) is 0 Å². The van der Waals surface area contributed by atoms with Gasteiger partial charge in [0.25, 0.3) is 0 Å². The highest BCUT2D eigenvalue weighted by Gasteiger charge is 2.25. The van der Waals surface area contributed by atoms with Crippen molar-refractivity contribution < 1.29 is 0 Å². The van der Waals surface area contributed by atoms with Gasteiger partial charge in [-0.15, -0.1) is 0 Å². The summed E-state index contributed by atoms with van der Waals surface area (Å²) in [6, 6.07) is 8.52. The Kier molecular flexibility index (Phi) is 4.89. The van der Waals surface area contributed by atoms with Gasteiger partial charge in [-0.3, -0.25) is 0 Å². The SMILES string of the molecule is CNC(c1ccccc1Cl)C1CSCCS1. The van der Waals surface area contributed by atoms with E-state index in [1.165, 1.54) is 22.8 Å². The third-order valence-corrected chi connectivity index (χ3v) is 5.97. The van der Waals surface area contributed by atoms with Gasteiger partial charge in [-0.05, 0) is 18.7 Å². The van der Waals surface area contributed by atoms with Crippen LogP contribution >= 0.6 is 35.1 Å². The molecule has 1 fully saturated rings. The highest BCUT2D eigenvalue weighted by Crippen LogP contribution is 2.35.